The van der Waals surface area contributed by atoms with Crippen LogP contribution in [-0.4, -0.2) is 52.7 Å². The number of likely N-dealkylation sites (N-methyl/N-ethyl adjacent to an activating group) is 1. The summed E-state index contributed by atoms with van der Waals surface area (Å²) in [6.45, 7) is -0.0199. The second kappa shape index (κ2) is 8.79. The molecular formula is C20H22N4O3S. The Balaban J connectivity index is 1.52. The van der Waals surface area contributed by atoms with Gasteiger partial charge in [-0.3, -0.25) is 9.59 Å². The minimum absolute atomic E-state index is 0.0199. The molecule has 7 nitrogen and oxygen atoms in total. The van der Waals surface area contributed by atoms with Crippen molar-refractivity contribution in [3.63, 3.8) is 0 Å². The smallest absolute Gasteiger partial charge is 0.243 e. The number of para-hydroxylation sites is 2. The molecule has 0 spiro atoms. The van der Waals surface area contributed by atoms with Crippen LogP contribution in [0.2, 0.25) is 0 Å². The van der Waals surface area contributed by atoms with E-state index in [1.807, 2.05) is 35.9 Å². The van der Waals surface area contributed by atoms with Crippen molar-refractivity contribution in [2.75, 3.05) is 31.8 Å². The van der Waals surface area contributed by atoms with E-state index >= 15 is 0 Å². The second-order valence-corrected chi connectivity index (χ2v) is 7.20. The number of fused-ring (bicyclic) bond motifs is 1. The zero-order valence-corrected chi connectivity index (χ0v) is 16.8. The molecule has 28 heavy (non-hydrogen) atoms. The molecule has 3 rings (SSSR count). The number of amides is 2. The highest BCUT2D eigenvalue weighted by molar-refractivity contribution is 7.99. The van der Waals surface area contributed by atoms with E-state index in [1.165, 1.54) is 16.7 Å². The normalized spacial score (nSPS) is 10.7. The number of aryl methyl sites for hydroxylation is 1. The van der Waals surface area contributed by atoms with Crippen LogP contribution in [0.1, 0.15) is 0 Å². The molecule has 0 atom stereocenters. The second-order valence-electron chi connectivity index (χ2n) is 6.26. The van der Waals surface area contributed by atoms with Crippen molar-refractivity contribution >= 4 is 40.3 Å². The molecule has 1 heterocycles. The number of hydrogen-bond acceptors (Lipinski definition) is 5. The summed E-state index contributed by atoms with van der Waals surface area (Å²) in [5.74, 6) is 0.531. The first-order chi connectivity index (χ1) is 13.5. The SMILES string of the molecule is COc1ccc(NC(=O)CN(C)C(=O)CSc2nc3ccccc3n2C)cc1. The van der Waals surface area contributed by atoms with Gasteiger partial charge in [0.1, 0.15) is 5.75 Å². The molecule has 0 saturated heterocycles. The maximum absolute atomic E-state index is 12.4. The Bertz CT molecular complexity index is 985. The third-order valence-corrected chi connectivity index (χ3v) is 5.27. The molecule has 0 unspecified atom stereocenters. The fraction of sp³-hybridized carbons (Fsp3) is 0.250. The predicted molar refractivity (Wildman–Crippen MR) is 111 cm³/mol. The van der Waals surface area contributed by atoms with E-state index < -0.39 is 0 Å². The number of nitrogens with one attached hydrogen (secondary N) is 1. The van der Waals surface area contributed by atoms with Gasteiger partial charge in [-0.2, -0.15) is 0 Å². The van der Waals surface area contributed by atoms with Gasteiger partial charge in [-0.25, -0.2) is 4.98 Å². The zero-order valence-electron chi connectivity index (χ0n) is 16.0. The van der Waals surface area contributed by atoms with Crippen molar-refractivity contribution in [3.05, 3.63) is 48.5 Å². The fourth-order valence-corrected chi connectivity index (χ4v) is 3.60. The van der Waals surface area contributed by atoms with Crippen LogP contribution in [0.5, 0.6) is 5.75 Å². The van der Waals surface area contributed by atoms with Crippen LogP contribution in [0.15, 0.2) is 53.7 Å². The average Bonchev–Trinajstić information content (AvgIpc) is 3.02. The van der Waals surface area contributed by atoms with E-state index in [0.29, 0.717) is 11.4 Å². The molecule has 1 N–H and O–H groups in total. The van der Waals surface area contributed by atoms with Gasteiger partial charge < -0.3 is 19.5 Å². The maximum Gasteiger partial charge on any atom is 0.243 e. The Morgan fingerprint density at radius 1 is 1.18 bits per heavy atom. The van der Waals surface area contributed by atoms with Gasteiger partial charge >= 0.3 is 0 Å². The van der Waals surface area contributed by atoms with E-state index in [-0.39, 0.29) is 24.1 Å². The number of ether oxygens (including phenoxy) is 1. The van der Waals surface area contributed by atoms with E-state index in [4.69, 9.17) is 4.74 Å². The van der Waals surface area contributed by atoms with E-state index in [0.717, 1.165) is 16.2 Å². The number of hydrogen-bond donors (Lipinski definition) is 1. The molecule has 0 aliphatic heterocycles. The number of thioether (sulfide) groups is 1. The maximum atomic E-state index is 12.4. The first-order valence-electron chi connectivity index (χ1n) is 8.70. The average molecular weight is 398 g/mol. The Labute approximate surface area is 167 Å². The lowest BCUT2D eigenvalue weighted by atomic mass is 10.3. The quantitative estimate of drug-likeness (QED) is 0.620. The summed E-state index contributed by atoms with van der Waals surface area (Å²) in [6, 6.07) is 14.8. The Hall–Kier alpha value is -3.00. The third kappa shape index (κ3) is 4.64. The van der Waals surface area contributed by atoms with Gasteiger partial charge in [0.05, 0.1) is 30.4 Å². The number of imidazole rings is 1. The summed E-state index contributed by atoms with van der Waals surface area (Å²) in [7, 11) is 5.12. The Morgan fingerprint density at radius 3 is 2.57 bits per heavy atom. The molecule has 2 amide bonds. The van der Waals surface area contributed by atoms with Gasteiger partial charge in [-0.1, -0.05) is 23.9 Å². The first kappa shape index (κ1) is 19.8. The number of carbonyl (C=O) groups is 2. The van der Waals surface area contributed by atoms with Crippen molar-refractivity contribution in [1.82, 2.24) is 14.5 Å². The van der Waals surface area contributed by atoms with Gasteiger partial charge in [-0.15, -0.1) is 0 Å². The highest BCUT2D eigenvalue weighted by Crippen LogP contribution is 2.22. The lowest BCUT2D eigenvalue weighted by molar-refractivity contribution is -0.131. The van der Waals surface area contributed by atoms with Crippen LogP contribution >= 0.6 is 11.8 Å². The molecule has 1 aromatic heterocycles. The topological polar surface area (TPSA) is 76.5 Å². The molecule has 2 aromatic carbocycles. The molecule has 0 fully saturated rings. The number of nitrogens with zero attached hydrogens (tertiary/aromatic N) is 3. The monoisotopic (exact) mass is 398 g/mol. The number of benzene rings is 2. The highest BCUT2D eigenvalue weighted by atomic mass is 32.2. The molecule has 8 heteroatoms. The number of aromatic nitrogens is 2. The van der Waals surface area contributed by atoms with Gasteiger partial charge in [0.25, 0.3) is 0 Å². The number of rotatable bonds is 7. The zero-order chi connectivity index (χ0) is 20.1. The predicted octanol–water partition coefficient (Wildman–Crippen LogP) is 2.77. The van der Waals surface area contributed by atoms with Crippen molar-refractivity contribution in [2.45, 2.75) is 5.16 Å². The fourth-order valence-electron chi connectivity index (χ4n) is 2.67. The molecule has 0 saturated carbocycles. The summed E-state index contributed by atoms with van der Waals surface area (Å²) in [5, 5.41) is 3.54. The summed E-state index contributed by atoms with van der Waals surface area (Å²) < 4.78 is 7.05. The van der Waals surface area contributed by atoms with Crippen LogP contribution in [0, 0.1) is 0 Å². The number of carbonyl (C=O) groups excluding carboxylic acids is 2. The minimum Gasteiger partial charge on any atom is -0.497 e. The molecule has 146 valence electrons. The van der Waals surface area contributed by atoms with Gasteiger partial charge in [-0.05, 0) is 36.4 Å². The summed E-state index contributed by atoms with van der Waals surface area (Å²) in [6.07, 6.45) is 0. The molecule has 3 aromatic rings. The summed E-state index contributed by atoms with van der Waals surface area (Å²) in [5.41, 5.74) is 2.57. The number of methoxy groups -OCH3 is 1. The van der Waals surface area contributed by atoms with E-state index in [9.17, 15) is 9.59 Å². The third-order valence-electron chi connectivity index (χ3n) is 4.25. The molecule has 0 aliphatic carbocycles. The van der Waals surface area contributed by atoms with Gasteiger partial charge in [0.15, 0.2) is 5.16 Å². The largest absolute Gasteiger partial charge is 0.497 e. The van der Waals surface area contributed by atoms with Crippen molar-refractivity contribution in [1.29, 1.82) is 0 Å². The molecule has 0 aliphatic rings. The van der Waals surface area contributed by atoms with E-state index in [2.05, 4.69) is 10.3 Å². The summed E-state index contributed by atoms with van der Waals surface area (Å²) in [4.78, 5) is 30.5. The van der Waals surface area contributed by atoms with Crippen molar-refractivity contribution in [2.24, 2.45) is 7.05 Å². The minimum atomic E-state index is -0.256. The van der Waals surface area contributed by atoms with Crippen LogP contribution in [0.3, 0.4) is 0 Å². The van der Waals surface area contributed by atoms with Crippen LogP contribution in [0.25, 0.3) is 11.0 Å². The van der Waals surface area contributed by atoms with Gasteiger partial charge in [0.2, 0.25) is 11.8 Å². The lowest BCUT2D eigenvalue weighted by Gasteiger charge is -2.16. The molecular weight excluding hydrogens is 376 g/mol. The Morgan fingerprint density at radius 2 is 1.89 bits per heavy atom. The molecule has 0 bridgehead atoms. The standard InChI is InChI=1S/C20H22N4O3S/c1-23(12-18(25)21-14-8-10-15(27-3)11-9-14)19(26)13-28-20-22-16-6-4-5-7-17(16)24(20)2/h4-11H,12-13H2,1-3H3,(H,21,25). The lowest BCUT2D eigenvalue weighted by Crippen LogP contribution is -2.36. The Kier molecular flexibility index (Phi) is 6.20. The van der Waals surface area contributed by atoms with Crippen LogP contribution in [-0.2, 0) is 16.6 Å². The number of anilines is 1. The van der Waals surface area contributed by atoms with Crippen LogP contribution < -0.4 is 10.1 Å². The van der Waals surface area contributed by atoms with E-state index in [1.54, 1.807) is 38.4 Å². The molecule has 0 radical (unpaired) electrons. The van der Waals surface area contributed by atoms with Gasteiger partial charge in [0, 0.05) is 19.8 Å². The van der Waals surface area contributed by atoms with Crippen molar-refractivity contribution < 1.29 is 14.3 Å². The van der Waals surface area contributed by atoms with Crippen molar-refractivity contribution in [3.8, 4) is 5.75 Å². The first-order valence-corrected chi connectivity index (χ1v) is 9.68. The highest BCUT2D eigenvalue weighted by Gasteiger charge is 2.15. The summed E-state index contributed by atoms with van der Waals surface area (Å²) >= 11 is 1.36. The van der Waals surface area contributed by atoms with Crippen LogP contribution in [0.4, 0.5) is 5.69 Å².